The van der Waals surface area contributed by atoms with E-state index in [-0.39, 0.29) is 24.0 Å². The van der Waals surface area contributed by atoms with Crippen molar-refractivity contribution in [2.24, 2.45) is 5.92 Å². The van der Waals surface area contributed by atoms with Crippen LogP contribution in [0.4, 0.5) is 0 Å². The highest BCUT2D eigenvalue weighted by atomic mass is 16.5. The molecular formula is C21H21N3O4. The third kappa shape index (κ3) is 4.03. The van der Waals surface area contributed by atoms with Crippen molar-refractivity contribution in [1.82, 2.24) is 15.0 Å². The maximum Gasteiger partial charge on any atom is 0.238 e. The molecule has 0 N–H and O–H groups in total. The van der Waals surface area contributed by atoms with Crippen LogP contribution in [0.2, 0.25) is 0 Å². The Bertz CT molecular complexity index is 934. The molecule has 1 aromatic carbocycles. The van der Waals surface area contributed by atoms with Gasteiger partial charge < -0.3 is 13.8 Å². The summed E-state index contributed by atoms with van der Waals surface area (Å²) in [5.41, 5.74) is 0.707. The lowest BCUT2D eigenvalue weighted by Gasteiger charge is -2.32. The first-order valence-electron chi connectivity index (χ1n) is 9.44. The first kappa shape index (κ1) is 18.2. The molecule has 1 amide bonds. The number of furan rings is 1. The first-order valence-corrected chi connectivity index (χ1v) is 9.44. The van der Waals surface area contributed by atoms with E-state index in [2.05, 4.69) is 10.1 Å². The quantitative estimate of drug-likeness (QED) is 0.610. The predicted molar refractivity (Wildman–Crippen MR) is 100 cm³/mol. The van der Waals surface area contributed by atoms with Crippen LogP contribution in [0.15, 0.2) is 57.7 Å². The molecule has 1 saturated heterocycles. The van der Waals surface area contributed by atoms with Gasteiger partial charge in [0.1, 0.15) is 0 Å². The molecule has 144 valence electrons. The summed E-state index contributed by atoms with van der Waals surface area (Å²) in [5.74, 6) is 1.27. The minimum absolute atomic E-state index is 0.00307. The molecule has 28 heavy (non-hydrogen) atoms. The summed E-state index contributed by atoms with van der Waals surface area (Å²) in [5, 5.41) is 3.87. The molecular weight excluding hydrogens is 358 g/mol. The van der Waals surface area contributed by atoms with Crippen molar-refractivity contribution in [3.8, 4) is 11.6 Å². The molecule has 1 aliphatic rings. The summed E-state index contributed by atoms with van der Waals surface area (Å²) in [6.45, 7) is 1.15. The van der Waals surface area contributed by atoms with Crippen molar-refractivity contribution in [1.29, 1.82) is 0 Å². The molecule has 7 heteroatoms. The highest BCUT2D eigenvalue weighted by molar-refractivity contribution is 5.98. The Hall–Kier alpha value is -3.22. The van der Waals surface area contributed by atoms with Crippen molar-refractivity contribution < 1.29 is 18.5 Å². The number of likely N-dealkylation sites (tertiary alicyclic amines) is 1. The predicted octanol–water partition coefficient (Wildman–Crippen LogP) is 3.38. The van der Waals surface area contributed by atoms with Crippen LogP contribution in [0.1, 0.15) is 35.5 Å². The third-order valence-corrected chi connectivity index (χ3v) is 4.97. The van der Waals surface area contributed by atoms with E-state index in [1.165, 1.54) is 0 Å². The maximum absolute atomic E-state index is 12.7. The van der Waals surface area contributed by atoms with Crippen LogP contribution in [0.5, 0.6) is 0 Å². The van der Waals surface area contributed by atoms with E-state index in [0.29, 0.717) is 42.5 Å². The SMILES string of the molecule is O=C(c1ccccc1)[C@H]1CCCN(C(=O)CCc2nc(-c3ccco3)no2)C1. The second kappa shape index (κ2) is 8.21. The van der Waals surface area contributed by atoms with E-state index in [9.17, 15) is 9.59 Å². The van der Waals surface area contributed by atoms with Gasteiger partial charge >= 0.3 is 0 Å². The second-order valence-electron chi connectivity index (χ2n) is 6.90. The Labute approximate surface area is 162 Å². The Balaban J connectivity index is 1.33. The minimum Gasteiger partial charge on any atom is -0.461 e. The average Bonchev–Trinajstić information content (AvgIpc) is 3.44. The molecule has 0 spiro atoms. The molecule has 0 aliphatic carbocycles. The number of amides is 1. The van der Waals surface area contributed by atoms with Gasteiger partial charge in [0.05, 0.1) is 6.26 Å². The van der Waals surface area contributed by atoms with Crippen LogP contribution in [0.25, 0.3) is 11.6 Å². The van der Waals surface area contributed by atoms with E-state index in [1.807, 2.05) is 30.3 Å². The first-order chi connectivity index (χ1) is 13.7. The number of ketones is 1. The number of piperidine rings is 1. The fourth-order valence-electron chi connectivity index (χ4n) is 3.49. The highest BCUT2D eigenvalue weighted by Crippen LogP contribution is 2.22. The average molecular weight is 379 g/mol. The van der Waals surface area contributed by atoms with E-state index < -0.39 is 0 Å². The topological polar surface area (TPSA) is 89.4 Å². The van der Waals surface area contributed by atoms with Gasteiger partial charge in [-0.1, -0.05) is 35.5 Å². The minimum atomic E-state index is -0.144. The smallest absolute Gasteiger partial charge is 0.238 e. The molecule has 2 aromatic heterocycles. The van der Waals surface area contributed by atoms with Crippen molar-refractivity contribution in [2.45, 2.75) is 25.7 Å². The van der Waals surface area contributed by atoms with Gasteiger partial charge in [0.2, 0.25) is 17.6 Å². The van der Waals surface area contributed by atoms with Crippen LogP contribution >= 0.6 is 0 Å². The Morgan fingerprint density at radius 1 is 1.14 bits per heavy atom. The number of Topliss-reactive ketones (excluding diaryl/α,β-unsaturated/α-hetero) is 1. The third-order valence-electron chi connectivity index (χ3n) is 4.97. The number of hydrogen-bond donors (Lipinski definition) is 0. The van der Waals surface area contributed by atoms with Crippen LogP contribution < -0.4 is 0 Å². The summed E-state index contributed by atoms with van der Waals surface area (Å²) in [4.78, 5) is 31.3. The fourth-order valence-corrected chi connectivity index (χ4v) is 3.49. The lowest BCUT2D eigenvalue weighted by molar-refractivity contribution is -0.132. The van der Waals surface area contributed by atoms with Gasteiger partial charge in [0.25, 0.3) is 0 Å². The number of aryl methyl sites for hydroxylation is 1. The number of benzene rings is 1. The number of carbonyl (C=O) groups excluding carboxylic acids is 2. The fraction of sp³-hybridized carbons (Fsp3) is 0.333. The number of nitrogens with zero attached hydrogens (tertiary/aromatic N) is 3. The van der Waals surface area contributed by atoms with Crippen LogP contribution in [0.3, 0.4) is 0 Å². The van der Waals surface area contributed by atoms with Gasteiger partial charge in [-0.15, -0.1) is 0 Å². The van der Waals surface area contributed by atoms with Crippen LogP contribution in [-0.4, -0.2) is 39.8 Å². The van der Waals surface area contributed by atoms with Gasteiger partial charge in [-0.25, -0.2) is 0 Å². The Morgan fingerprint density at radius 3 is 2.79 bits per heavy atom. The van der Waals surface area contributed by atoms with Crippen molar-refractivity contribution in [3.63, 3.8) is 0 Å². The van der Waals surface area contributed by atoms with Gasteiger partial charge in [0, 0.05) is 37.4 Å². The van der Waals surface area contributed by atoms with Gasteiger partial charge in [-0.2, -0.15) is 4.98 Å². The van der Waals surface area contributed by atoms with Gasteiger partial charge in [-0.05, 0) is 25.0 Å². The van der Waals surface area contributed by atoms with Crippen LogP contribution in [-0.2, 0) is 11.2 Å². The Morgan fingerprint density at radius 2 is 2.00 bits per heavy atom. The summed E-state index contributed by atoms with van der Waals surface area (Å²) >= 11 is 0. The molecule has 1 aliphatic heterocycles. The Kier molecular flexibility index (Phi) is 5.32. The van der Waals surface area contributed by atoms with E-state index >= 15 is 0 Å². The van der Waals surface area contributed by atoms with Crippen molar-refractivity contribution in [3.05, 3.63) is 60.2 Å². The normalized spacial score (nSPS) is 16.9. The van der Waals surface area contributed by atoms with E-state index in [0.717, 1.165) is 12.8 Å². The number of aromatic nitrogens is 2. The molecule has 0 bridgehead atoms. The van der Waals surface area contributed by atoms with Crippen LogP contribution in [0, 0.1) is 5.92 Å². The molecule has 0 unspecified atom stereocenters. The van der Waals surface area contributed by atoms with Crippen molar-refractivity contribution in [2.75, 3.05) is 13.1 Å². The monoisotopic (exact) mass is 379 g/mol. The number of rotatable bonds is 6. The molecule has 0 saturated carbocycles. The highest BCUT2D eigenvalue weighted by Gasteiger charge is 2.29. The van der Waals surface area contributed by atoms with Crippen molar-refractivity contribution >= 4 is 11.7 Å². The maximum atomic E-state index is 12.7. The second-order valence-corrected chi connectivity index (χ2v) is 6.90. The molecule has 1 fully saturated rings. The lowest BCUT2D eigenvalue weighted by Crippen LogP contribution is -2.42. The molecule has 4 rings (SSSR count). The summed E-state index contributed by atoms with van der Waals surface area (Å²) in [6, 6.07) is 12.8. The van der Waals surface area contributed by atoms with Gasteiger partial charge in [0.15, 0.2) is 11.5 Å². The molecule has 3 heterocycles. The number of hydrogen-bond acceptors (Lipinski definition) is 6. The van der Waals surface area contributed by atoms with Gasteiger partial charge in [-0.3, -0.25) is 9.59 Å². The largest absolute Gasteiger partial charge is 0.461 e. The molecule has 0 radical (unpaired) electrons. The zero-order chi connectivity index (χ0) is 19.3. The standard InChI is InChI=1S/C21H21N3O4/c25-19(11-10-18-22-21(23-28-18)17-9-5-13-27-17)24-12-4-8-16(14-24)20(26)15-6-2-1-3-7-15/h1-3,5-7,9,13,16H,4,8,10-12,14H2/t16-/m0/s1. The summed E-state index contributed by atoms with van der Waals surface area (Å²) in [6.07, 6.45) is 3.82. The molecule has 1 atom stereocenters. The lowest BCUT2D eigenvalue weighted by atomic mass is 9.90. The molecule has 7 nitrogen and oxygen atoms in total. The zero-order valence-corrected chi connectivity index (χ0v) is 15.4. The van der Waals surface area contributed by atoms with E-state index in [1.54, 1.807) is 23.3 Å². The zero-order valence-electron chi connectivity index (χ0n) is 15.4. The summed E-state index contributed by atoms with van der Waals surface area (Å²) < 4.78 is 10.4. The molecule has 3 aromatic rings. The summed E-state index contributed by atoms with van der Waals surface area (Å²) in [7, 11) is 0. The van der Waals surface area contributed by atoms with E-state index in [4.69, 9.17) is 8.94 Å². The number of carbonyl (C=O) groups is 2.